The Hall–Kier alpha value is -1.36. The molecule has 3 rings (SSSR count). The number of hydrogen-bond acceptors (Lipinski definition) is 3. The second kappa shape index (κ2) is 5.69. The smallest absolute Gasteiger partial charge is 0.223 e. The van der Waals surface area contributed by atoms with Gasteiger partial charge in [0.25, 0.3) is 0 Å². The van der Waals surface area contributed by atoms with E-state index in [2.05, 4.69) is 29.6 Å². The number of aromatic nitrogens is 2. The quantitative estimate of drug-likeness (QED) is 0.886. The van der Waals surface area contributed by atoms with Crippen LogP contribution in [0.25, 0.3) is 0 Å². The topological polar surface area (TPSA) is 59.0 Å². The number of carbonyl (C=O) groups is 1. The molecule has 1 aromatic rings. The number of piperidine rings is 1. The molecule has 2 heterocycles. The molecule has 1 amide bonds. The fourth-order valence-electron chi connectivity index (χ4n) is 4.01. The lowest BCUT2D eigenvalue weighted by Gasteiger charge is -2.23. The van der Waals surface area contributed by atoms with Crippen LogP contribution in [0, 0.1) is 25.2 Å². The van der Waals surface area contributed by atoms with Crippen molar-refractivity contribution in [2.24, 2.45) is 18.4 Å². The van der Waals surface area contributed by atoms with E-state index in [9.17, 15) is 4.79 Å². The predicted octanol–water partition coefficient (Wildman–Crippen LogP) is 1.47. The Balaban J connectivity index is 1.56. The summed E-state index contributed by atoms with van der Waals surface area (Å²) >= 11 is 0. The van der Waals surface area contributed by atoms with Crippen LogP contribution < -0.4 is 10.6 Å². The molecule has 1 aliphatic carbocycles. The predicted molar refractivity (Wildman–Crippen MR) is 86.6 cm³/mol. The fourth-order valence-corrected chi connectivity index (χ4v) is 4.01. The minimum atomic E-state index is 0.161. The monoisotopic (exact) mass is 304 g/mol. The van der Waals surface area contributed by atoms with Crippen molar-refractivity contribution in [2.45, 2.75) is 52.5 Å². The molecule has 0 radical (unpaired) electrons. The molecule has 2 fully saturated rings. The summed E-state index contributed by atoms with van der Waals surface area (Å²) in [7, 11) is 1.97. The summed E-state index contributed by atoms with van der Waals surface area (Å²) in [6.07, 6.45) is 4.25. The van der Waals surface area contributed by atoms with E-state index in [-0.39, 0.29) is 17.9 Å². The van der Waals surface area contributed by atoms with Crippen LogP contribution in [0.15, 0.2) is 0 Å². The summed E-state index contributed by atoms with van der Waals surface area (Å²) in [5, 5.41) is 11.1. The second-order valence-electron chi connectivity index (χ2n) is 7.26. The van der Waals surface area contributed by atoms with Gasteiger partial charge in [-0.25, -0.2) is 0 Å². The first-order valence-corrected chi connectivity index (χ1v) is 8.43. The van der Waals surface area contributed by atoms with E-state index < -0.39 is 0 Å². The first kappa shape index (κ1) is 15.5. The van der Waals surface area contributed by atoms with Gasteiger partial charge in [0, 0.05) is 24.7 Å². The van der Waals surface area contributed by atoms with Gasteiger partial charge in [0.15, 0.2) is 0 Å². The van der Waals surface area contributed by atoms with E-state index in [1.165, 1.54) is 11.3 Å². The highest BCUT2D eigenvalue weighted by Crippen LogP contribution is 2.58. The fraction of sp³-hybridized carbons (Fsp3) is 0.765. The summed E-state index contributed by atoms with van der Waals surface area (Å²) in [5.74, 6) is 0.502. The summed E-state index contributed by atoms with van der Waals surface area (Å²) in [6, 6.07) is 0.161. The molecule has 1 aromatic heterocycles. The standard InChI is InChI=1S/C17H28N4O/c1-11(9-14-12(2)20-21(4)13(14)3)19-16(22)15-10-17(15)5-7-18-8-6-17/h11,15,18H,5-10H2,1-4H3,(H,19,22). The van der Waals surface area contributed by atoms with Crippen LogP contribution >= 0.6 is 0 Å². The Morgan fingerprint density at radius 2 is 2.14 bits per heavy atom. The number of amides is 1. The molecule has 122 valence electrons. The van der Waals surface area contributed by atoms with Crippen LogP contribution in [0.3, 0.4) is 0 Å². The minimum absolute atomic E-state index is 0.161. The summed E-state index contributed by atoms with van der Waals surface area (Å²) in [6.45, 7) is 8.36. The Morgan fingerprint density at radius 3 is 2.73 bits per heavy atom. The van der Waals surface area contributed by atoms with Gasteiger partial charge in [-0.1, -0.05) is 0 Å². The Kier molecular flexibility index (Phi) is 4.02. The average Bonchev–Trinajstić information content (AvgIpc) is 3.11. The van der Waals surface area contributed by atoms with Crippen molar-refractivity contribution in [2.75, 3.05) is 13.1 Å². The zero-order valence-electron chi connectivity index (χ0n) is 14.2. The highest BCUT2D eigenvalue weighted by molar-refractivity contribution is 5.82. The lowest BCUT2D eigenvalue weighted by molar-refractivity contribution is -0.123. The number of nitrogens with zero attached hydrogens (tertiary/aromatic N) is 2. The largest absolute Gasteiger partial charge is 0.353 e. The van der Waals surface area contributed by atoms with Gasteiger partial charge in [-0.2, -0.15) is 5.10 Å². The van der Waals surface area contributed by atoms with Gasteiger partial charge >= 0.3 is 0 Å². The number of rotatable bonds is 4. The molecule has 0 bridgehead atoms. The maximum atomic E-state index is 12.5. The van der Waals surface area contributed by atoms with Crippen LogP contribution in [-0.4, -0.2) is 34.8 Å². The van der Waals surface area contributed by atoms with Crippen LogP contribution in [0.5, 0.6) is 0 Å². The molecule has 2 atom stereocenters. The molecule has 5 nitrogen and oxygen atoms in total. The number of nitrogens with one attached hydrogen (secondary N) is 2. The van der Waals surface area contributed by atoms with Crippen LogP contribution in [0.2, 0.25) is 0 Å². The SMILES string of the molecule is Cc1nn(C)c(C)c1CC(C)NC(=O)C1CC12CCNCC2. The van der Waals surface area contributed by atoms with Gasteiger partial charge in [0.2, 0.25) is 5.91 Å². The van der Waals surface area contributed by atoms with Gasteiger partial charge in [-0.15, -0.1) is 0 Å². The third-order valence-electron chi connectivity index (χ3n) is 5.66. The number of carbonyl (C=O) groups excluding carboxylic acids is 1. The van der Waals surface area contributed by atoms with Crippen molar-refractivity contribution >= 4 is 5.91 Å². The molecule has 2 aliphatic rings. The first-order chi connectivity index (χ1) is 10.4. The highest BCUT2D eigenvalue weighted by Gasteiger charge is 2.57. The lowest BCUT2D eigenvalue weighted by Crippen LogP contribution is -2.38. The van der Waals surface area contributed by atoms with Crippen LogP contribution in [-0.2, 0) is 18.3 Å². The minimum Gasteiger partial charge on any atom is -0.353 e. The Bertz CT molecular complexity index is 571. The van der Waals surface area contributed by atoms with Gasteiger partial charge in [-0.3, -0.25) is 9.48 Å². The molecular weight excluding hydrogens is 276 g/mol. The van der Waals surface area contributed by atoms with Crippen molar-refractivity contribution in [3.63, 3.8) is 0 Å². The zero-order valence-corrected chi connectivity index (χ0v) is 14.2. The number of aryl methyl sites for hydroxylation is 2. The zero-order chi connectivity index (χ0) is 15.9. The van der Waals surface area contributed by atoms with Crippen molar-refractivity contribution in [1.29, 1.82) is 0 Å². The molecule has 1 spiro atoms. The molecule has 1 saturated carbocycles. The number of hydrogen-bond donors (Lipinski definition) is 2. The summed E-state index contributed by atoms with van der Waals surface area (Å²) in [5.41, 5.74) is 3.85. The maximum absolute atomic E-state index is 12.5. The average molecular weight is 304 g/mol. The van der Waals surface area contributed by atoms with Gasteiger partial charge in [-0.05, 0) is 70.5 Å². The second-order valence-corrected chi connectivity index (χ2v) is 7.26. The highest BCUT2D eigenvalue weighted by atomic mass is 16.2. The van der Waals surface area contributed by atoms with E-state index >= 15 is 0 Å². The van der Waals surface area contributed by atoms with E-state index in [1.807, 2.05) is 18.7 Å². The van der Waals surface area contributed by atoms with Gasteiger partial charge < -0.3 is 10.6 Å². The first-order valence-electron chi connectivity index (χ1n) is 8.43. The van der Waals surface area contributed by atoms with Crippen molar-refractivity contribution in [3.8, 4) is 0 Å². The van der Waals surface area contributed by atoms with Gasteiger partial charge in [0.1, 0.15) is 0 Å². The molecule has 0 aromatic carbocycles. The van der Waals surface area contributed by atoms with E-state index in [0.717, 1.165) is 44.5 Å². The third-order valence-corrected chi connectivity index (χ3v) is 5.66. The van der Waals surface area contributed by atoms with Crippen molar-refractivity contribution in [1.82, 2.24) is 20.4 Å². The Morgan fingerprint density at radius 1 is 1.45 bits per heavy atom. The van der Waals surface area contributed by atoms with Crippen LogP contribution in [0.1, 0.15) is 43.1 Å². The maximum Gasteiger partial charge on any atom is 0.223 e. The molecule has 2 N–H and O–H groups in total. The molecule has 5 heteroatoms. The molecule has 2 unspecified atom stereocenters. The third kappa shape index (κ3) is 2.78. The molecule has 1 saturated heterocycles. The molecule has 22 heavy (non-hydrogen) atoms. The molecule has 1 aliphatic heterocycles. The normalized spacial score (nSPS) is 24.3. The lowest BCUT2D eigenvalue weighted by atomic mass is 9.91. The van der Waals surface area contributed by atoms with E-state index in [4.69, 9.17) is 0 Å². The Labute approximate surface area is 132 Å². The van der Waals surface area contributed by atoms with Crippen molar-refractivity contribution in [3.05, 3.63) is 17.0 Å². The summed E-state index contributed by atoms with van der Waals surface area (Å²) < 4.78 is 1.92. The molecular formula is C17H28N4O. The van der Waals surface area contributed by atoms with E-state index in [1.54, 1.807) is 0 Å². The summed E-state index contributed by atoms with van der Waals surface area (Å²) in [4.78, 5) is 12.5. The van der Waals surface area contributed by atoms with Gasteiger partial charge in [0.05, 0.1) is 5.69 Å². The van der Waals surface area contributed by atoms with Crippen molar-refractivity contribution < 1.29 is 4.79 Å². The van der Waals surface area contributed by atoms with E-state index in [0.29, 0.717) is 5.41 Å². The van der Waals surface area contributed by atoms with Crippen LogP contribution in [0.4, 0.5) is 0 Å².